The average Bonchev–Trinajstić information content (AvgIpc) is 2.92. The largest absolute Gasteiger partial charge is 0.269 e. The van der Waals surface area contributed by atoms with Gasteiger partial charge in [-0.05, 0) is 70.2 Å². The van der Waals surface area contributed by atoms with Crippen molar-refractivity contribution in [2.24, 2.45) is 0 Å². The molecule has 1 amide bonds. The SMILES string of the molecule is CC/C(=C(\c1ccccc1)c1ccc(/C=C/C(=O)NS(=O)(=O)c2ccc(Cl)cc2)cc1)c1ccccc1. The van der Waals surface area contributed by atoms with Gasteiger partial charge in [-0.15, -0.1) is 0 Å². The van der Waals surface area contributed by atoms with Crippen molar-refractivity contribution >= 4 is 44.8 Å². The van der Waals surface area contributed by atoms with Crippen LogP contribution in [0.15, 0.2) is 120 Å². The van der Waals surface area contributed by atoms with E-state index < -0.39 is 15.9 Å². The van der Waals surface area contributed by atoms with Gasteiger partial charge in [0.1, 0.15) is 0 Å². The highest BCUT2D eigenvalue weighted by atomic mass is 35.5. The molecule has 0 aromatic heterocycles. The second kappa shape index (κ2) is 11.9. The van der Waals surface area contributed by atoms with Crippen LogP contribution in [0.4, 0.5) is 0 Å². The smallest absolute Gasteiger partial charge is 0.264 e. The van der Waals surface area contributed by atoms with E-state index in [2.05, 4.69) is 35.9 Å². The minimum Gasteiger partial charge on any atom is -0.269 e. The molecule has 4 aromatic rings. The molecular formula is C31H26ClNO3S. The molecule has 37 heavy (non-hydrogen) atoms. The molecule has 4 aromatic carbocycles. The Morgan fingerprint density at radius 1 is 0.757 bits per heavy atom. The van der Waals surface area contributed by atoms with Gasteiger partial charge in [0.2, 0.25) is 0 Å². The molecule has 0 bridgehead atoms. The van der Waals surface area contributed by atoms with E-state index in [0.717, 1.165) is 28.7 Å². The standard InChI is InChI=1S/C31H26ClNO3S/c1-2-29(24-9-5-3-6-10-24)31(25-11-7-4-8-12-25)26-16-13-23(14-17-26)15-22-30(34)33-37(35,36)28-20-18-27(32)19-21-28/h3-22H,2H2,1H3,(H,33,34)/b22-15+,31-29-. The molecule has 0 radical (unpaired) electrons. The van der Waals surface area contributed by atoms with E-state index in [4.69, 9.17) is 11.6 Å². The number of carbonyl (C=O) groups excluding carboxylic acids is 1. The number of rotatable bonds is 8. The molecule has 0 spiro atoms. The quantitative estimate of drug-likeness (QED) is 0.194. The molecule has 0 saturated heterocycles. The Hall–Kier alpha value is -3.93. The summed E-state index contributed by atoms with van der Waals surface area (Å²) >= 11 is 5.81. The maximum atomic E-state index is 12.4. The molecule has 186 valence electrons. The molecule has 6 heteroatoms. The van der Waals surface area contributed by atoms with E-state index in [0.29, 0.717) is 5.02 Å². The number of amides is 1. The lowest BCUT2D eigenvalue weighted by atomic mass is 9.88. The highest BCUT2D eigenvalue weighted by Crippen LogP contribution is 2.34. The fourth-order valence-electron chi connectivity index (χ4n) is 4.06. The lowest BCUT2D eigenvalue weighted by Crippen LogP contribution is -2.28. The Balaban J connectivity index is 1.59. The van der Waals surface area contributed by atoms with Gasteiger partial charge in [-0.2, -0.15) is 0 Å². The third-order valence-corrected chi connectivity index (χ3v) is 7.44. The zero-order valence-electron chi connectivity index (χ0n) is 20.3. The molecule has 0 unspecified atom stereocenters. The maximum absolute atomic E-state index is 12.4. The molecule has 1 N–H and O–H groups in total. The van der Waals surface area contributed by atoms with E-state index in [-0.39, 0.29) is 4.90 Å². The van der Waals surface area contributed by atoms with Crippen molar-refractivity contribution in [1.29, 1.82) is 0 Å². The number of benzene rings is 4. The first-order valence-corrected chi connectivity index (χ1v) is 13.7. The maximum Gasteiger partial charge on any atom is 0.264 e. The van der Waals surface area contributed by atoms with Gasteiger partial charge in [0.05, 0.1) is 4.90 Å². The topological polar surface area (TPSA) is 63.2 Å². The molecule has 4 nitrogen and oxygen atoms in total. The van der Waals surface area contributed by atoms with Crippen LogP contribution in [-0.2, 0) is 14.8 Å². The van der Waals surface area contributed by atoms with Crippen LogP contribution < -0.4 is 4.72 Å². The first kappa shape index (κ1) is 26.1. The number of carbonyl (C=O) groups is 1. The van der Waals surface area contributed by atoms with Gasteiger partial charge >= 0.3 is 0 Å². The van der Waals surface area contributed by atoms with Crippen molar-refractivity contribution in [2.45, 2.75) is 18.2 Å². The van der Waals surface area contributed by atoms with Crippen LogP contribution >= 0.6 is 11.6 Å². The van der Waals surface area contributed by atoms with Crippen LogP contribution in [0.1, 0.15) is 35.6 Å². The molecule has 0 fully saturated rings. The van der Waals surface area contributed by atoms with E-state index >= 15 is 0 Å². The summed E-state index contributed by atoms with van der Waals surface area (Å²) in [7, 11) is -3.98. The van der Waals surface area contributed by atoms with E-state index in [9.17, 15) is 13.2 Å². The van der Waals surface area contributed by atoms with Crippen molar-refractivity contribution in [3.8, 4) is 0 Å². The second-order valence-corrected chi connectivity index (χ2v) is 10.4. The summed E-state index contributed by atoms with van der Waals surface area (Å²) in [4.78, 5) is 12.3. The van der Waals surface area contributed by atoms with Crippen LogP contribution in [-0.4, -0.2) is 14.3 Å². The van der Waals surface area contributed by atoms with Gasteiger partial charge in [0.15, 0.2) is 0 Å². The van der Waals surface area contributed by atoms with Crippen molar-refractivity contribution < 1.29 is 13.2 Å². The fourth-order valence-corrected chi connectivity index (χ4v) is 5.13. The fraction of sp³-hybridized carbons (Fsp3) is 0.0645. The molecule has 4 rings (SSSR count). The number of hydrogen-bond donors (Lipinski definition) is 1. The molecular weight excluding hydrogens is 502 g/mol. The Bertz CT molecular complexity index is 1530. The predicted molar refractivity (Wildman–Crippen MR) is 151 cm³/mol. The third kappa shape index (κ3) is 6.64. The minimum absolute atomic E-state index is 0.0339. The summed E-state index contributed by atoms with van der Waals surface area (Å²) in [6.07, 6.45) is 3.65. The van der Waals surface area contributed by atoms with E-state index in [1.807, 2.05) is 60.7 Å². The number of sulfonamides is 1. The van der Waals surface area contributed by atoms with E-state index in [1.165, 1.54) is 41.5 Å². The van der Waals surface area contributed by atoms with Crippen molar-refractivity contribution in [3.05, 3.63) is 143 Å². The van der Waals surface area contributed by atoms with Gasteiger partial charge < -0.3 is 0 Å². The predicted octanol–water partition coefficient (Wildman–Crippen LogP) is 7.23. The lowest BCUT2D eigenvalue weighted by molar-refractivity contribution is -0.114. The Kier molecular flexibility index (Phi) is 8.39. The van der Waals surface area contributed by atoms with Crippen LogP contribution in [0.2, 0.25) is 5.02 Å². The molecule has 0 aliphatic carbocycles. The van der Waals surface area contributed by atoms with Gasteiger partial charge in [-0.3, -0.25) is 4.79 Å². The van der Waals surface area contributed by atoms with Crippen LogP contribution in [0, 0.1) is 0 Å². The molecule has 0 saturated carbocycles. The van der Waals surface area contributed by atoms with Gasteiger partial charge in [-0.1, -0.05) is 103 Å². The van der Waals surface area contributed by atoms with Gasteiger partial charge in [0, 0.05) is 11.1 Å². The summed E-state index contributed by atoms with van der Waals surface area (Å²) in [6, 6.07) is 34.1. The minimum atomic E-state index is -3.98. The van der Waals surface area contributed by atoms with Crippen molar-refractivity contribution in [1.82, 2.24) is 4.72 Å². The molecule has 0 heterocycles. The van der Waals surface area contributed by atoms with Crippen LogP contribution in [0.25, 0.3) is 17.2 Å². The second-order valence-electron chi connectivity index (χ2n) is 8.32. The average molecular weight is 528 g/mol. The normalized spacial score (nSPS) is 12.3. The van der Waals surface area contributed by atoms with Gasteiger partial charge in [0.25, 0.3) is 15.9 Å². The Morgan fingerprint density at radius 3 is 1.86 bits per heavy atom. The molecule has 0 atom stereocenters. The van der Waals surface area contributed by atoms with Crippen LogP contribution in [0.3, 0.4) is 0 Å². The molecule has 0 aliphatic rings. The summed E-state index contributed by atoms with van der Waals surface area (Å²) in [6.45, 7) is 2.15. The van der Waals surface area contributed by atoms with Crippen molar-refractivity contribution in [2.75, 3.05) is 0 Å². The number of hydrogen-bond acceptors (Lipinski definition) is 3. The van der Waals surface area contributed by atoms with Crippen LogP contribution in [0.5, 0.6) is 0 Å². The summed E-state index contributed by atoms with van der Waals surface area (Å²) in [5.74, 6) is -0.735. The number of allylic oxidation sites excluding steroid dienone is 1. The summed E-state index contributed by atoms with van der Waals surface area (Å²) < 4.78 is 26.9. The lowest BCUT2D eigenvalue weighted by Gasteiger charge is -2.16. The zero-order valence-corrected chi connectivity index (χ0v) is 21.8. The summed E-state index contributed by atoms with van der Waals surface area (Å²) in [5, 5.41) is 0.411. The Labute approximate surface area is 223 Å². The first-order chi connectivity index (χ1) is 17.9. The number of nitrogens with one attached hydrogen (secondary N) is 1. The summed E-state index contributed by atoms with van der Waals surface area (Å²) in [5.41, 5.74) is 6.51. The highest BCUT2D eigenvalue weighted by Gasteiger charge is 2.16. The first-order valence-electron chi connectivity index (χ1n) is 11.8. The highest BCUT2D eigenvalue weighted by molar-refractivity contribution is 7.90. The zero-order chi connectivity index (χ0) is 26.3. The van der Waals surface area contributed by atoms with E-state index in [1.54, 1.807) is 6.08 Å². The number of halogens is 1. The van der Waals surface area contributed by atoms with Gasteiger partial charge in [-0.25, -0.2) is 13.1 Å². The van der Waals surface area contributed by atoms with Crippen molar-refractivity contribution in [3.63, 3.8) is 0 Å². The molecule has 0 aliphatic heterocycles. The Morgan fingerprint density at radius 2 is 1.30 bits per heavy atom. The third-order valence-electron chi connectivity index (χ3n) is 5.83. The monoisotopic (exact) mass is 527 g/mol.